The number of carbonyl (C=O) groups is 2. The van der Waals surface area contributed by atoms with Gasteiger partial charge in [0.2, 0.25) is 11.8 Å². The van der Waals surface area contributed by atoms with Crippen molar-refractivity contribution in [1.29, 1.82) is 5.41 Å². The average Bonchev–Trinajstić information content (AvgIpc) is 2.66. The van der Waals surface area contributed by atoms with Crippen molar-refractivity contribution in [3.63, 3.8) is 0 Å². The topological polar surface area (TPSA) is 190 Å². The maximum Gasteiger partial charge on any atom is 0.475 e. The average molecular weight is 458 g/mol. The smallest absolute Gasteiger partial charge is 0.426 e. The van der Waals surface area contributed by atoms with Crippen molar-refractivity contribution in [1.82, 2.24) is 21.4 Å². The van der Waals surface area contributed by atoms with Gasteiger partial charge in [0.05, 0.1) is 5.94 Å². The van der Waals surface area contributed by atoms with Gasteiger partial charge in [0.15, 0.2) is 5.03 Å². The van der Waals surface area contributed by atoms with Crippen LogP contribution in [0.25, 0.3) is 0 Å². The predicted octanol–water partition coefficient (Wildman–Crippen LogP) is 0.316. The molecule has 13 heteroatoms. The monoisotopic (exact) mass is 458 g/mol. The van der Waals surface area contributed by atoms with Crippen molar-refractivity contribution in [2.75, 3.05) is 6.54 Å². The number of amides is 2. The van der Waals surface area contributed by atoms with Crippen LogP contribution in [-0.4, -0.2) is 58.5 Å². The summed E-state index contributed by atoms with van der Waals surface area (Å²) in [6.07, 6.45) is 3.31. The number of guanidine groups is 1. The number of unbranched alkanes of at least 4 members (excludes halogenated alkanes) is 1. The Morgan fingerprint density at radius 2 is 1.81 bits per heavy atom. The summed E-state index contributed by atoms with van der Waals surface area (Å²) in [7, 11) is -1.74. The van der Waals surface area contributed by atoms with Crippen LogP contribution in [-0.2, 0) is 9.59 Å². The molecule has 0 bridgehead atoms. The first-order chi connectivity index (χ1) is 14.8. The molecule has 0 aliphatic rings. The number of nitrogens with one attached hydrogen (secondary N) is 5. The molecule has 184 valence electrons. The highest BCUT2D eigenvalue weighted by Crippen LogP contribution is 2.24. The van der Waals surface area contributed by atoms with E-state index in [2.05, 4.69) is 16.0 Å². The number of nitro groups is 1. The van der Waals surface area contributed by atoms with E-state index in [1.165, 1.54) is 0 Å². The van der Waals surface area contributed by atoms with Crippen LogP contribution >= 0.6 is 0 Å². The van der Waals surface area contributed by atoms with Gasteiger partial charge >= 0.3 is 7.12 Å². The minimum absolute atomic E-state index is 0.104. The summed E-state index contributed by atoms with van der Waals surface area (Å²) >= 11 is 0. The number of nitrogens with zero attached hydrogens (tertiary/aromatic N) is 1. The van der Waals surface area contributed by atoms with E-state index >= 15 is 0 Å². The van der Waals surface area contributed by atoms with Crippen molar-refractivity contribution < 1.29 is 24.7 Å². The van der Waals surface area contributed by atoms with Crippen LogP contribution in [0.3, 0.4) is 0 Å². The van der Waals surface area contributed by atoms with E-state index in [-0.39, 0.29) is 24.8 Å². The third kappa shape index (κ3) is 12.4. The molecule has 0 aromatic carbocycles. The number of hydrazine groups is 1. The summed E-state index contributed by atoms with van der Waals surface area (Å²) in [6.45, 7) is 9.57. The SMILES string of the molecule is CCCCC(C)(C)C(=O)N[C@@H](CCCNC(=N)N[N+](=O)[O-])C(=O)N[C@@H](CC(C)C)B(O)O. The van der Waals surface area contributed by atoms with Gasteiger partial charge in [0, 0.05) is 12.0 Å². The Morgan fingerprint density at radius 3 is 2.31 bits per heavy atom. The first kappa shape index (κ1) is 29.6. The fraction of sp³-hybridized carbons (Fsp3) is 0.842. The highest BCUT2D eigenvalue weighted by atomic mass is 16.7. The number of hydrogen-bond acceptors (Lipinski definition) is 7. The first-order valence-corrected chi connectivity index (χ1v) is 11.0. The van der Waals surface area contributed by atoms with E-state index < -0.39 is 41.4 Å². The van der Waals surface area contributed by atoms with Crippen LogP contribution in [0, 0.1) is 26.9 Å². The first-order valence-electron chi connectivity index (χ1n) is 11.0. The molecule has 0 rings (SSSR count). The van der Waals surface area contributed by atoms with Crippen molar-refractivity contribution >= 4 is 24.9 Å². The molecular formula is C19H39BN6O6. The van der Waals surface area contributed by atoms with Crippen LogP contribution in [0.15, 0.2) is 0 Å². The summed E-state index contributed by atoms with van der Waals surface area (Å²) < 4.78 is 0. The van der Waals surface area contributed by atoms with Gasteiger partial charge in [-0.3, -0.25) is 15.0 Å². The van der Waals surface area contributed by atoms with Crippen molar-refractivity contribution in [3.8, 4) is 0 Å². The van der Waals surface area contributed by atoms with Gasteiger partial charge in [-0.25, -0.2) is 10.1 Å². The highest BCUT2D eigenvalue weighted by Gasteiger charge is 2.33. The fourth-order valence-corrected chi connectivity index (χ4v) is 3.05. The van der Waals surface area contributed by atoms with Gasteiger partial charge in [-0.15, -0.1) is 0 Å². The largest absolute Gasteiger partial charge is 0.475 e. The van der Waals surface area contributed by atoms with Crippen LogP contribution in [0.1, 0.15) is 73.1 Å². The van der Waals surface area contributed by atoms with Gasteiger partial charge in [-0.1, -0.05) is 52.9 Å². The molecule has 0 saturated carbocycles. The standard InChI is InChI=1S/C19H39BN6O6/c1-6-7-10-19(4,5)17(28)23-14(9-8-11-22-18(21)25-26(31)32)16(27)24-15(20(29)30)12-13(2)3/h13-15,29-30H,6-12H2,1-5H3,(H,23,28)(H,24,27)(H3,21,22,25)/t14-,15-/m0/s1. The van der Waals surface area contributed by atoms with Gasteiger partial charge in [0.1, 0.15) is 6.04 Å². The molecule has 0 saturated heterocycles. The second-order valence-electron chi connectivity index (χ2n) is 8.98. The Bertz CT molecular complexity index is 631. The molecule has 0 aromatic rings. The maximum absolute atomic E-state index is 12.9. The molecule has 7 N–H and O–H groups in total. The molecule has 0 radical (unpaired) electrons. The van der Waals surface area contributed by atoms with E-state index in [0.29, 0.717) is 19.3 Å². The maximum atomic E-state index is 12.9. The Labute approximate surface area is 190 Å². The summed E-state index contributed by atoms with van der Waals surface area (Å²) in [5, 5.41) is 44.0. The van der Waals surface area contributed by atoms with E-state index in [4.69, 9.17) is 5.41 Å². The molecule has 0 spiro atoms. The second-order valence-corrected chi connectivity index (χ2v) is 8.98. The molecule has 0 heterocycles. The third-order valence-corrected chi connectivity index (χ3v) is 4.98. The molecule has 32 heavy (non-hydrogen) atoms. The van der Waals surface area contributed by atoms with Gasteiger partial charge in [-0.2, -0.15) is 0 Å². The molecule has 0 aromatic heterocycles. The zero-order valence-corrected chi connectivity index (χ0v) is 19.7. The van der Waals surface area contributed by atoms with Crippen LogP contribution in [0.4, 0.5) is 0 Å². The minimum Gasteiger partial charge on any atom is -0.426 e. The summed E-state index contributed by atoms with van der Waals surface area (Å²) in [5.41, 5.74) is 0.990. The minimum atomic E-state index is -1.74. The molecule has 0 fully saturated rings. The summed E-state index contributed by atoms with van der Waals surface area (Å²) in [5.74, 6) is -2.09. The molecule has 0 aliphatic heterocycles. The lowest BCUT2D eigenvalue weighted by molar-refractivity contribution is -0.525. The van der Waals surface area contributed by atoms with E-state index in [0.717, 1.165) is 12.8 Å². The third-order valence-electron chi connectivity index (χ3n) is 4.98. The number of rotatable bonds is 15. The Hall–Kier alpha value is -2.41. The second kappa shape index (κ2) is 14.6. The van der Waals surface area contributed by atoms with Gasteiger partial charge < -0.3 is 26.0 Å². The summed E-state index contributed by atoms with van der Waals surface area (Å²) in [4.78, 5) is 36.0. The van der Waals surface area contributed by atoms with Gasteiger partial charge in [0.25, 0.3) is 5.96 Å². The Balaban J connectivity index is 5.19. The molecule has 2 atom stereocenters. The van der Waals surface area contributed by atoms with E-state index in [1.807, 2.05) is 20.8 Å². The number of carbonyl (C=O) groups excluding carboxylic acids is 2. The lowest BCUT2D eigenvalue weighted by atomic mass is 9.75. The quantitative estimate of drug-likeness (QED) is 0.0456. The zero-order chi connectivity index (χ0) is 24.9. The number of hydrogen-bond donors (Lipinski definition) is 7. The van der Waals surface area contributed by atoms with Crippen molar-refractivity contribution in [2.24, 2.45) is 11.3 Å². The lowest BCUT2D eigenvalue weighted by Crippen LogP contribution is -2.55. The lowest BCUT2D eigenvalue weighted by Gasteiger charge is -2.28. The Morgan fingerprint density at radius 1 is 1.19 bits per heavy atom. The summed E-state index contributed by atoms with van der Waals surface area (Å²) in [6, 6.07) is -0.934. The highest BCUT2D eigenvalue weighted by molar-refractivity contribution is 6.43. The van der Waals surface area contributed by atoms with Crippen LogP contribution < -0.4 is 21.4 Å². The molecule has 12 nitrogen and oxygen atoms in total. The Kier molecular flexibility index (Phi) is 13.5. The van der Waals surface area contributed by atoms with Crippen LogP contribution in [0.2, 0.25) is 0 Å². The normalized spacial score (nSPS) is 13.1. The van der Waals surface area contributed by atoms with Gasteiger partial charge in [-0.05, 0) is 31.6 Å². The molecule has 2 amide bonds. The van der Waals surface area contributed by atoms with E-state index in [9.17, 15) is 29.8 Å². The zero-order valence-electron chi connectivity index (χ0n) is 19.7. The van der Waals surface area contributed by atoms with E-state index in [1.54, 1.807) is 19.3 Å². The fourth-order valence-electron chi connectivity index (χ4n) is 3.05. The molecule has 0 unspecified atom stereocenters. The molecule has 0 aliphatic carbocycles. The van der Waals surface area contributed by atoms with Crippen molar-refractivity contribution in [3.05, 3.63) is 10.1 Å². The van der Waals surface area contributed by atoms with Crippen LogP contribution in [0.5, 0.6) is 0 Å². The predicted molar refractivity (Wildman–Crippen MR) is 122 cm³/mol. The molecular weight excluding hydrogens is 419 g/mol. The van der Waals surface area contributed by atoms with Crippen molar-refractivity contribution in [2.45, 2.75) is 85.1 Å².